The molecule has 5 rings (SSSR count). The molecule has 3 aromatic carbocycles. The first-order valence-corrected chi connectivity index (χ1v) is 13.9. The summed E-state index contributed by atoms with van der Waals surface area (Å²) in [7, 11) is 1.56. The van der Waals surface area contributed by atoms with Gasteiger partial charge in [0.15, 0.2) is 0 Å². The molecule has 0 bridgehead atoms. The smallest absolute Gasteiger partial charge is 0.247 e. The van der Waals surface area contributed by atoms with Crippen molar-refractivity contribution in [2.45, 2.75) is 57.3 Å². The lowest BCUT2D eigenvalue weighted by atomic mass is 9.91. The maximum absolute atomic E-state index is 14.1. The lowest BCUT2D eigenvalue weighted by Crippen LogP contribution is -2.50. The number of halogens is 2. The fraction of sp³-hybridized carbons (Fsp3) is 0.323. The van der Waals surface area contributed by atoms with Gasteiger partial charge in [0.05, 0.1) is 7.11 Å². The molecule has 1 aliphatic rings. The highest BCUT2D eigenvalue weighted by Crippen LogP contribution is 2.32. The minimum Gasteiger partial charge on any atom is -0.497 e. The van der Waals surface area contributed by atoms with Gasteiger partial charge < -0.3 is 15.0 Å². The number of amides is 2. The Balaban J connectivity index is 1.44. The van der Waals surface area contributed by atoms with E-state index in [-0.39, 0.29) is 48.4 Å². The summed E-state index contributed by atoms with van der Waals surface area (Å²) in [6.45, 7) is -0.0628. The highest BCUT2D eigenvalue weighted by Gasteiger charge is 2.37. The van der Waals surface area contributed by atoms with Crippen molar-refractivity contribution < 1.29 is 23.1 Å². The molecule has 1 fully saturated rings. The van der Waals surface area contributed by atoms with Crippen LogP contribution in [-0.4, -0.2) is 50.1 Å². The first-order chi connectivity index (χ1) is 20.4. The van der Waals surface area contributed by atoms with E-state index in [0.717, 1.165) is 37.7 Å². The highest BCUT2D eigenvalue weighted by molar-refractivity contribution is 5.89. The minimum absolute atomic E-state index is 0.171. The Bertz CT molecular complexity index is 1490. The maximum atomic E-state index is 14.1. The molecule has 1 N–H and O–H groups in total. The first kappa shape index (κ1) is 28.8. The molecule has 1 heterocycles. The van der Waals surface area contributed by atoms with Gasteiger partial charge in [0.25, 0.3) is 0 Å². The van der Waals surface area contributed by atoms with Crippen LogP contribution in [0.15, 0.2) is 72.8 Å². The van der Waals surface area contributed by atoms with E-state index in [4.69, 9.17) is 4.74 Å². The number of aromatic nitrogens is 4. The summed E-state index contributed by atoms with van der Waals surface area (Å²) in [4.78, 5) is 30.8. The Labute approximate surface area is 242 Å². The molecule has 9 nitrogen and oxygen atoms in total. The molecule has 0 saturated heterocycles. The molecule has 2 amide bonds. The summed E-state index contributed by atoms with van der Waals surface area (Å²) in [5, 5.41) is 15.4. The average Bonchev–Trinajstić information content (AvgIpc) is 3.48. The molecule has 1 atom stereocenters. The fourth-order valence-electron chi connectivity index (χ4n) is 5.26. The van der Waals surface area contributed by atoms with Crippen LogP contribution in [0.5, 0.6) is 5.75 Å². The van der Waals surface area contributed by atoms with Gasteiger partial charge in [-0.3, -0.25) is 9.59 Å². The second-order valence-corrected chi connectivity index (χ2v) is 10.3. The number of methoxy groups -OCH3 is 1. The molecule has 0 spiro atoms. The van der Waals surface area contributed by atoms with Gasteiger partial charge in [-0.2, -0.15) is 4.80 Å². The monoisotopic (exact) mass is 574 g/mol. The zero-order valence-electron chi connectivity index (χ0n) is 23.2. The molecule has 1 aromatic heterocycles. The highest BCUT2D eigenvalue weighted by atomic mass is 19.1. The summed E-state index contributed by atoms with van der Waals surface area (Å²) in [6.07, 6.45) is 4.47. The van der Waals surface area contributed by atoms with E-state index in [1.54, 1.807) is 48.4 Å². The van der Waals surface area contributed by atoms with Crippen molar-refractivity contribution in [3.8, 4) is 17.1 Å². The van der Waals surface area contributed by atoms with Crippen molar-refractivity contribution >= 4 is 11.8 Å². The largest absolute Gasteiger partial charge is 0.497 e. The minimum atomic E-state index is -0.938. The van der Waals surface area contributed by atoms with E-state index in [2.05, 4.69) is 20.7 Å². The van der Waals surface area contributed by atoms with Gasteiger partial charge in [-0.25, -0.2) is 8.78 Å². The molecule has 218 valence electrons. The number of carbonyl (C=O) groups excluding carboxylic acids is 2. The zero-order chi connectivity index (χ0) is 29.5. The van der Waals surface area contributed by atoms with Crippen molar-refractivity contribution in [2.75, 3.05) is 7.11 Å². The van der Waals surface area contributed by atoms with Gasteiger partial charge in [0.1, 0.15) is 30.0 Å². The van der Waals surface area contributed by atoms with E-state index >= 15 is 0 Å². The Hall–Kier alpha value is -4.67. The van der Waals surface area contributed by atoms with Gasteiger partial charge >= 0.3 is 0 Å². The first-order valence-electron chi connectivity index (χ1n) is 13.9. The van der Waals surface area contributed by atoms with Crippen LogP contribution in [0.4, 0.5) is 8.78 Å². The van der Waals surface area contributed by atoms with Gasteiger partial charge in [0, 0.05) is 18.2 Å². The maximum Gasteiger partial charge on any atom is 0.247 e. The van der Waals surface area contributed by atoms with Crippen molar-refractivity contribution in [2.24, 2.45) is 0 Å². The summed E-state index contributed by atoms with van der Waals surface area (Å²) in [5.74, 6) is -0.549. The molecule has 1 aliphatic carbocycles. The fourth-order valence-corrected chi connectivity index (χ4v) is 5.26. The molecular formula is C31H32F2N6O3. The number of tetrazole rings is 1. The predicted octanol–water partition coefficient (Wildman–Crippen LogP) is 4.85. The third kappa shape index (κ3) is 6.96. The molecule has 4 aromatic rings. The van der Waals surface area contributed by atoms with Crippen molar-refractivity contribution in [3.05, 3.63) is 95.6 Å². The van der Waals surface area contributed by atoms with Crippen molar-refractivity contribution in [1.29, 1.82) is 0 Å². The van der Waals surface area contributed by atoms with E-state index in [1.165, 1.54) is 41.2 Å². The van der Waals surface area contributed by atoms with E-state index in [0.29, 0.717) is 16.9 Å². The third-order valence-electron chi connectivity index (χ3n) is 7.43. The van der Waals surface area contributed by atoms with Crippen LogP contribution in [0, 0.1) is 11.6 Å². The molecular weight excluding hydrogens is 542 g/mol. The van der Waals surface area contributed by atoms with Crippen molar-refractivity contribution in [1.82, 2.24) is 30.4 Å². The SMILES string of the molecule is COc1ccc([C@@H](C(=O)NCc2ccc(F)cc2)N(C(=O)Cn2nnc(-c3ccc(F)cc3)n2)C2CCCCC2)cc1. The number of nitrogens with one attached hydrogen (secondary N) is 1. The zero-order valence-corrected chi connectivity index (χ0v) is 23.2. The van der Waals surface area contributed by atoms with Gasteiger partial charge in [0.2, 0.25) is 17.6 Å². The molecule has 11 heteroatoms. The average molecular weight is 575 g/mol. The van der Waals surface area contributed by atoms with Crippen molar-refractivity contribution in [3.63, 3.8) is 0 Å². The van der Waals surface area contributed by atoms with Gasteiger partial charge in [-0.05, 0) is 77.7 Å². The summed E-state index contributed by atoms with van der Waals surface area (Å²) in [6, 6.07) is 17.5. The number of nitrogens with zero attached hydrogens (tertiary/aromatic N) is 5. The van der Waals surface area contributed by atoms with Gasteiger partial charge in [-0.1, -0.05) is 43.5 Å². The van der Waals surface area contributed by atoms with Crippen LogP contribution in [0.3, 0.4) is 0 Å². The lowest BCUT2D eigenvalue weighted by molar-refractivity contribution is -0.145. The van der Waals surface area contributed by atoms with E-state index in [1.807, 2.05) is 0 Å². The Morgan fingerprint density at radius 3 is 2.24 bits per heavy atom. The summed E-state index contributed by atoms with van der Waals surface area (Å²) < 4.78 is 32.1. The quantitative estimate of drug-likeness (QED) is 0.291. The molecule has 42 heavy (non-hydrogen) atoms. The number of ether oxygens (including phenoxy) is 1. The second kappa shape index (κ2) is 13.3. The topological polar surface area (TPSA) is 102 Å². The number of hydrogen-bond acceptors (Lipinski definition) is 6. The number of carbonyl (C=O) groups is 2. The van der Waals surface area contributed by atoms with Crippen LogP contribution >= 0.6 is 0 Å². The normalized spacial score (nSPS) is 14.3. The van der Waals surface area contributed by atoms with Crippen LogP contribution in [0.25, 0.3) is 11.4 Å². The molecule has 1 saturated carbocycles. The summed E-state index contributed by atoms with van der Waals surface area (Å²) in [5.41, 5.74) is 1.93. The summed E-state index contributed by atoms with van der Waals surface area (Å²) >= 11 is 0. The van der Waals surface area contributed by atoms with Crippen LogP contribution in [-0.2, 0) is 22.7 Å². The Kier molecular flexibility index (Phi) is 9.15. The Morgan fingerprint density at radius 1 is 0.952 bits per heavy atom. The second-order valence-electron chi connectivity index (χ2n) is 10.3. The third-order valence-corrected chi connectivity index (χ3v) is 7.43. The van der Waals surface area contributed by atoms with Crippen LogP contribution in [0.1, 0.15) is 49.3 Å². The number of benzene rings is 3. The lowest BCUT2D eigenvalue weighted by Gasteiger charge is -2.39. The standard InChI is InChI=1S/C31H32F2N6O3/c1-42-27-17-11-22(12-18-27)29(31(41)34-19-21-7-13-24(32)14-8-21)39(26-5-3-2-4-6-26)28(40)20-38-36-30(35-37-38)23-9-15-25(33)16-10-23/h7-18,26,29H,2-6,19-20H2,1H3,(H,34,41)/t29-/m0/s1. The number of hydrogen-bond donors (Lipinski definition) is 1. The van der Waals surface area contributed by atoms with Crippen LogP contribution in [0.2, 0.25) is 0 Å². The molecule has 0 unspecified atom stereocenters. The molecule has 0 radical (unpaired) electrons. The van der Waals surface area contributed by atoms with E-state index < -0.39 is 6.04 Å². The van der Waals surface area contributed by atoms with E-state index in [9.17, 15) is 18.4 Å². The van der Waals surface area contributed by atoms with Crippen LogP contribution < -0.4 is 10.1 Å². The Morgan fingerprint density at radius 2 is 1.60 bits per heavy atom. The van der Waals surface area contributed by atoms with Gasteiger partial charge in [-0.15, -0.1) is 10.2 Å². The molecule has 0 aliphatic heterocycles. The predicted molar refractivity (Wildman–Crippen MR) is 151 cm³/mol. The number of rotatable bonds is 10.